The van der Waals surface area contributed by atoms with Crippen molar-refractivity contribution in [3.8, 4) is 5.75 Å². The minimum absolute atomic E-state index is 0.171. The van der Waals surface area contributed by atoms with Crippen LogP contribution in [0.5, 0.6) is 5.75 Å². The molecule has 0 bridgehead atoms. The van der Waals surface area contributed by atoms with Crippen LogP contribution in [-0.2, 0) is 19.1 Å². The average Bonchev–Trinajstić information content (AvgIpc) is 2.64. The highest BCUT2D eigenvalue weighted by molar-refractivity contribution is 14.1. The highest BCUT2D eigenvalue weighted by Crippen LogP contribution is 2.46. The number of carbonyl (C=O) groups is 3. The van der Waals surface area contributed by atoms with Gasteiger partial charge in [0.05, 0.1) is 10.5 Å². The van der Waals surface area contributed by atoms with E-state index in [2.05, 4.69) is 27.9 Å². The summed E-state index contributed by atoms with van der Waals surface area (Å²) in [6, 6.07) is 7.69. The van der Waals surface area contributed by atoms with Crippen molar-refractivity contribution in [2.24, 2.45) is 0 Å². The van der Waals surface area contributed by atoms with Crippen LogP contribution < -0.4 is 10.1 Å². The topological polar surface area (TPSA) is 84.9 Å². The molecule has 0 radical (unpaired) electrons. The first-order chi connectivity index (χ1) is 12.3. The number of nitrogens with one attached hydrogen (secondary N) is 1. The van der Waals surface area contributed by atoms with Gasteiger partial charge in [0.25, 0.3) is 5.91 Å². The van der Waals surface area contributed by atoms with Gasteiger partial charge in [-0.2, -0.15) is 0 Å². The van der Waals surface area contributed by atoms with E-state index < -0.39 is 21.5 Å². The first-order valence-corrected chi connectivity index (χ1v) is 10.2. The second kappa shape index (κ2) is 7.63. The lowest BCUT2D eigenvalue weighted by Crippen LogP contribution is -2.78. The molecule has 2 fully saturated rings. The molecule has 140 valence electrons. The fourth-order valence-electron chi connectivity index (χ4n) is 3.04. The zero-order valence-corrected chi connectivity index (χ0v) is 17.3. The van der Waals surface area contributed by atoms with Crippen molar-refractivity contribution >= 4 is 52.1 Å². The molecule has 1 aromatic rings. The summed E-state index contributed by atoms with van der Waals surface area (Å²) in [5.74, 6) is 0.188. The van der Waals surface area contributed by atoms with Crippen LogP contribution >= 0.6 is 34.4 Å². The third-order valence-electron chi connectivity index (χ3n) is 4.32. The fourth-order valence-corrected chi connectivity index (χ4v) is 5.55. The first kappa shape index (κ1) is 19.3. The number of alkyl halides is 1. The van der Waals surface area contributed by atoms with Crippen molar-refractivity contribution in [2.45, 2.75) is 27.8 Å². The first-order valence-electron chi connectivity index (χ1n) is 8.03. The number of carbonyl (C=O) groups excluding carboxylic acids is 3. The average molecular weight is 490 g/mol. The maximum atomic E-state index is 12.6. The largest absolute Gasteiger partial charge is 0.484 e. The molecule has 4 atom stereocenters. The van der Waals surface area contributed by atoms with E-state index in [-0.39, 0.29) is 23.8 Å². The van der Waals surface area contributed by atoms with Crippen molar-refractivity contribution in [3.05, 3.63) is 30.3 Å². The van der Waals surface area contributed by atoms with Crippen LogP contribution in [0.15, 0.2) is 30.3 Å². The molecule has 1 aromatic carbocycles. The second-order valence-corrected chi connectivity index (χ2v) is 9.87. The van der Waals surface area contributed by atoms with Gasteiger partial charge in [0.1, 0.15) is 23.2 Å². The van der Waals surface area contributed by atoms with Crippen molar-refractivity contribution in [1.82, 2.24) is 10.2 Å². The van der Waals surface area contributed by atoms with Gasteiger partial charge in [-0.25, -0.2) is 4.79 Å². The molecule has 2 saturated heterocycles. The quantitative estimate of drug-likeness (QED) is 0.289. The molecule has 2 heterocycles. The maximum absolute atomic E-state index is 12.6. The van der Waals surface area contributed by atoms with E-state index in [1.165, 1.54) is 12.0 Å². The second-order valence-electron chi connectivity index (χ2n) is 6.30. The number of halogens is 1. The number of benzene rings is 1. The third kappa shape index (κ3) is 3.64. The third-order valence-corrected chi connectivity index (χ3v) is 7.41. The minimum Gasteiger partial charge on any atom is -0.484 e. The number of esters is 1. The lowest BCUT2D eigenvalue weighted by molar-refractivity contribution is -0.165. The van der Waals surface area contributed by atoms with Gasteiger partial charge < -0.3 is 19.7 Å². The van der Waals surface area contributed by atoms with Crippen LogP contribution in [0.1, 0.15) is 6.92 Å². The molecule has 1 N–H and O–H groups in total. The molecule has 26 heavy (non-hydrogen) atoms. The monoisotopic (exact) mass is 490 g/mol. The molecule has 9 heteroatoms. The molecule has 0 aliphatic carbocycles. The zero-order chi connectivity index (χ0) is 18.9. The number of nitrogens with zero attached hydrogens (tertiary/aromatic N) is 1. The van der Waals surface area contributed by atoms with Crippen LogP contribution in [0.25, 0.3) is 0 Å². The number of hydrogen-bond donors (Lipinski definition) is 1. The molecular formula is C17H19IN2O5S. The summed E-state index contributed by atoms with van der Waals surface area (Å²) in [5, 5.41) is 2.44. The molecule has 7 nitrogen and oxygen atoms in total. The fraction of sp³-hybridized carbons (Fsp3) is 0.471. The maximum Gasteiger partial charge on any atom is 0.330 e. The van der Waals surface area contributed by atoms with E-state index in [9.17, 15) is 14.4 Å². The number of β-lactam (4-membered cyclic amide) rings is 1. The summed E-state index contributed by atoms with van der Waals surface area (Å²) < 4.78 is 9.85. The number of rotatable bonds is 5. The van der Waals surface area contributed by atoms with Crippen LogP contribution in [0, 0.1) is 0 Å². The Hall–Kier alpha value is -1.49. The Kier molecular flexibility index (Phi) is 5.66. The molecule has 2 aliphatic rings. The summed E-state index contributed by atoms with van der Waals surface area (Å²) in [5.41, 5.74) is 0. The van der Waals surface area contributed by atoms with Crippen LogP contribution in [0.3, 0.4) is 0 Å². The van der Waals surface area contributed by atoms with E-state index in [4.69, 9.17) is 9.47 Å². The van der Waals surface area contributed by atoms with Crippen molar-refractivity contribution in [3.63, 3.8) is 0 Å². The summed E-state index contributed by atoms with van der Waals surface area (Å²) in [6.45, 7) is 1.75. The van der Waals surface area contributed by atoms with Crippen molar-refractivity contribution in [1.29, 1.82) is 0 Å². The normalized spacial score (nSPS) is 30.0. The van der Waals surface area contributed by atoms with Crippen molar-refractivity contribution in [2.75, 3.05) is 19.5 Å². The van der Waals surface area contributed by atoms with Crippen molar-refractivity contribution < 1.29 is 23.9 Å². The predicted molar refractivity (Wildman–Crippen MR) is 105 cm³/mol. The van der Waals surface area contributed by atoms with Gasteiger partial charge >= 0.3 is 5.97 Å². The number of ether oxygens (including phenoxy) is 2. The van der Waals surface area contributed by atoms with Gasteiger partial charge in [0, 0.05) is 5.75 Å². The molecule has 2 amide bonds. The Balaban J connectivity index is 1.61. The number of fused-ring (bicyclic) bond motifs is 1. The summed E-state index contributed by atoms with van der Waals surface area (Å²) in [6.07, 6.45) is 0. The standard InChI is InChI=1S/C17H19IN2O5S/c1-17(18)9-26-15-12(14(22)20(15)13(17)16(23)24-2)19-11(21)8-25-10-6-4-3-5-7-10/h3-7,12-13,15H,8-9H2,1-2H3,(H,19,21)/t12?,13?,15-,17?/m0/s1. The molecule has 0 aromatic heterocycles. The van der Waals surface area contributed by atoms with Crippen LogP contribution in [0.4, 0.5) is 0 Å². The van der Waals surface area contributed by atoms with Gasteiger partial charge in [-0.05, 0) is 19.1 Å². The van der Waals surface area contributed by atoms with Gasteiger partial charge in [-0.15, -0.1) is 11.8 Å². The number of amides is 2. The molecule has 3 unspecified atom stereocenters. The SMILES string of the molecule is COC(=O)C1N2C(=O)C(NC(=O)COc3ccccc3)[C@@H]2SCC1(C)I. The van der Waals surface area contributed by atoms with E-state index in [0.29, 0.717) is 11.5 Å². The summed E-state index contributed by atoms with van der Waals surface area (Å²) in [7, 11) is 1.32. The van der Waals surface area contributed by atoms with Crippen LogP contribution in [-0.4, -0.2) is 63.0 Å². The van der Waals surface area contributed by atoms with E-state index in [1.54, 1.807) is 23.9 Å². The number of thioether (sulfide) groups is 1. The smallest absolute Gasteiger partial charge is 0.330 e. The van der Waals surface area contributed by atoms with E-state index in [1.807, 2.05) is 25.1 Å². The summed E-state index contributed by atoms with van der Waals surface area (Å²) in [4.78, 5) is 38.4. The molecule has 0 spiro atoms. The van der Waals surface area contributed by atoms with Gasteiger partial charge in [0.15, 0.2) is 6.61 Å². The Bertz CT molecular complexity index is 714. The van der Waals surface area contributed by atoms with Crippen LogP contribution in [0.2, 0.25) is 0 Å². The number of methoxy groups -OCH3 is 1. The minimum atomic E-state index is -0.652. The highest BCUT2D eigenvalue weighted by Gasteiger charge is 2.61. The number of para-hydroxylation sites is 1. The Morgan fingerprint density at radius 2 is 2.08 bits per heavy atom. The Morgan fingerprint density at radius 1 is 1.38 bits per heavy atom. The molecule has 2 aliphatic heterocycles. The zero-order valence-electron chi connectivity index (χ0n) is 14.3. The summed E-state index contributed by atoms with van der Waals surface area (Å²) >= 11 is 3.74. The van der Waals surface area contributed by atoms with Gasteiger partial charge in [-0.1, -0.05) is 40.8 Å². The van der Waals surface area contributed by atoms with E-state index >= 15 is 0 Å². The van der Waals surface area contributed by atoms with E-state index in [0.717, 1.165) is 0 Å². The number of hydrogen-bond acceptors (Lipinski definition) is 6. The Labute approximate surface area is 169 Å². The predicted octanol–water partition coefficient (Wildman–Crippen LogP) is 1.20. The van der Waals surface area contributed by atoms with Gasteiger partial charge in [-0.3, -0.25) is 9.59 Å². The lowest BCUT2D eigenvalue weighted by Gasteiger charge is -2.56. The highest BCUT2D eigenvalue weighted by atomic mass is 127. The lowest BCUT2D eigenvalue weighted by atomic mass is 9.94. The molecule has 0 saturated carbocycles. The molecular weight excluding hydrogens is 471 g/mol. The Morgan fingerprint density at radius 3 is 2.73 bits per heavy atom. The molecule has 3 rings (SSSR count). The van der Waals surface area contributed by atoms with Gasteiger partial charge in [0.2, 0.25) is 5.91 Å².